The molecule has 1 rings (SSSR count). The van der Waals surface area contributed by atoms with E-state index in [1.165, 1.54) is 0 Å². The first-order valence-electron chi connectivity index (χ1n) is 3.30. The van der Waals surface area contributed by atoms with Gasteiger partial charge in [0.25, 0.3) is 5.88 Å². The summed E-state index contributed by atoms with van der Waals surface area (Å²) in [6, 6.07) is 1.80. The van der Waals surface area contributed by atoms with E-state index in [0.717, 1.165) is 5.76 Å². The fraction of sp³-hybridized carbons (Fsp3) is 0.571. The quantitative estimate of drug-likeness (QED) is 0.734. The van der Waals surface area contributed by atoms with Crippen molar-refractivity contribution < 1.29 is 7.59 Å². The fourth-order valence-electron chi connectivity index (χ4n) is 0.649. The van der Waals surface area contributed by atoms with E-state index in [1.54, 1.807) is 29.1 Å². The van der Waals surface area contributed by atoms with Crippen molar-refractivity contribution in [1.29, 1.82) is 0 Å². The van der Waals surface area contributed by atoms with E-state index in [1.807, 2.05) is 0 Å². The highest BCUT2D eigenvalue weighted by Gasteiger charge is 2.19. The molecule has 4 heteroatoms. The minimum absolute atomic E-state index is 0.000417. The minimum Gasteiger partial charge on any atom is -0.405 e. The summed E-state index contributed by atoms with van der Waals surface area (Å²) in [6.45, 7) is 6.18. The van der Waals surface area contributed by atoms with Crippen LogP contribution in [-0.2, 0) is 5.41 Å². The zero-order chi connectivity index (χ0) is 8.48. The van der Waals surface area contributed by atoms with Gasteiger partial charge in [0.05, 0.1) is 0 Å². The topological polar surface area (TPSA) is 35.3 Å². The summed E-state index contributed by atoms with van der Waals surface area (Å²) in [5.41, 5.74) is 0.000417. The SMILES string of the molecule is CC(C)(C)c1cc(OI)no1. The molecule has 3 nitrogen and oxygen atoms in total. The van der Waals surface area contributed by atoms with Crippen LogP contribution < -0.4 is 3.07 Å². The Balaban J connectivity index is 2.89. The van der Waals surface area contributed by atoms with Gasteiger partial charge < -0.3 is 7.59 Å². The van der Waals surface area contributed by atoms with Gasteiger partial charge in [-0.15, -0.1) is 0 Å². The van der Waals surface area contributed by atoms with Crippen molar-refractivity contribution in [2.45, 2.75) is 26.2 Å². The number of hydrogen-bond donors (Lipinski definition) is 0. The van der Waals surface area contributed by atoms with Gasteiger partial charge in [0.1, 0.15) is 5.76 Å². The molecule has 0 unspecified atom stereocenters. The number of aromatic nitrogens is 1. The van der Waals surface area contributed by atoms with Gasteiger partial charge >= 0.3 is 0 Å². The maximum Gasteiger partial charge on any atom is 0.264 e. The lowest BCUT2D eigenvalue weighted by atomic mass is 9.94. The Morgan fingerprint density at radius 1 is 1.55 bits per heavy atom. The van der Waals surface area contributed by atoms with Crippen molar-refractivity contribution in [3.05, 3.63) is 11.8 Å². The lowest BCUT2D eigenvalue weighted by Gasteiger charge is -2.11. The smallest absolute Gasteiger partial charge is 0.264 e. The molecule has 0 aliphatic rings. The largest absolute Gasteiger partial charge is 0.405 e. The first-order chi connectivity index (χ1) is 5.04. The molecule has 0 radical (unpaired) electrons. The number of nitrogens with zero attached hydrogens (tertiary/aromatic N) is 1. The molecule has 0 N–H and O–H groups in total. The van der Waals surface area contributed by atoms with Crippen LogP contribution in [0.15, 0.2) is 10.6 Å². The first kappa shape index (κ1) is 8.83. The zero-order valence-corrected chi connectivity index (χ0v) is 8.88. The van der Waals surface area contributed by atoms with Gasteiger partial charge in [0, 0.05) is 11.5 Å². The van der Waals surface area contributed by atoms with Crippen LogP contribution in [-0.4, -0.2) is 5.16 Å². The van der Waals surface area contributed by atoms with Crippen molar-refractivity contribution in [2.24, 2.45) is 0 Å². The molecule has 1 aromatic heterocycles. The summed E-state index contributed by atoms with van der Waals surface area (Å²) >= 11 is 1.77. The van der Waals surface area contributed by atoms with Crippen LogP contribution in [0.5, 0.6) is 5.88 Å². The summed E-state index contributed by atoms with van der Waals surface area (Å²) in [7, 11) is 0. The zero-order valence-electron chi connectivity index (χ0n) is 6.72. The molecule has 0 atom stereocenters. The molecule has 0 saturated carbocycles. The van der Waals surface area contributed by atoms with Gasteiger partial charge in [-0.2, -0.15) is 0 Å². The van der Waals surface area contributed by atoms with E-state index in [4.69, 9.17) is 7.59 Å². The van der Waals surface area contributed by atoms with E-state index in [0.29, 0.717) is 5.88 Å². The summed E-state index contributed by atoms with van der Waals surface area (Å²) in [5.74, 6) is 1.36. The van der Waals surface area contributed by atoms with Gasteiger partial charge in [-0.1, -0.05) is 20.8 Å². The van der Waals surface area contributed by atoms with Crippen LogP contribution in [0.4, 0.5) is 0 Å². The van der Waals surface area contributed by atoms with Crippen LogP contribution in [0, 0.1) is 0 Å². The van der Waals surface area contributed by atoms with Crippen LogP contribution in [0.2, 0.25) is 0 Å². The number of hydrogen-bond acceptors (Lipinski definition) is 3. The Morgan fingerprint density at radius 3 is 2.45 bits per heavy atom. The van der Waals surface area contributed by atoms with Crippen molar-refractivity contribution in [3.63, 3.8) is 0 Å². The van der Waals surface area contributed by atoms with Crippen LogP contribution in [0.25, 0.3) is 0 Å². The summed E-state index contributed by atoms with van der Waals surface area (Å²) in [5, 5.41) is 3.70. The van der Waals surface area contributed by atoms with Crippen molar-refractivity contribution in [3.8, 4) is 5.88 Å². The summed E-state index contributed by atoms with van der Waals surface area (Å²) in [4.78, 5) is 0. The Morgan fingerprint density at radius 2 is 2.18 bits per heavy atom. The van der Waals surface area contributed by atoms with Crippen molar-refractivity contribution in [1.82, 2.24) is 5.16 Å². The van der Waals surface area contributed by atoms with E-state index in [2.05, 4.69) is 25.9 Å². The second-order valence-electron chi connectivity index (χ2n) is 3.36. The Kier molecular flexibility index (Phi) is 2.41. The highest BCUT2D eigenvalue weighted by atomic mass is 127. The third-order valence-corrected chi connectivity index (χ3v) is 1.76. The molecule has 11 heavy (non-hydrogen) atoms. The standard InChI is InChI=1S/C7H10INO2/c1-7(2,3)5-4-6(10-8)9-11-5/h4H,1-3H3. The molecule has 1 heterocycles. The van der Waals surface area contributed by atoms with E-state index in [9.17, 15) is 0 Å². The molecule has 0 aliphatic heterocycles. The van der Waals surface area contributed by atoms with Crippen molar-refractivity contribution in [2.75, 3.05) is 0 Å². The normalized spacial score (nSPS) is 11.6. The molecular weight excluding hydrogens is 257 g/mol. The Labute approximate surface area is 79.8 Å². The third-order valence-electron chi connectivity index (χ3n) is 1.31. The summed E-state index contributed by atoms with van der Waals surface area (Å²) < 4.78 is 9.90. The van der Waals surface area contributed by atoms with Gasteiger partial charge in [-0.3, -0.25) is 0 Å². The number of halogens is 1. The lowest BCUT2D eigenvalue weighted by Crippen LogP contribution is -2.08. The molecule has 0 spiro atoms. The van der Waals surface area contributed by atoms with Crippen LogP contribution in [0.1, 0.15) is 26.5 Å². The van der Waals surface area contributed by atoms with E-state index in [-0.39, 0.29) is 5.41 Å². The third kappa shape index (κ3) is 2.08. The van der Waals surface area contributed by atoms with E-state index < -0.39 is 0 Å². The molecule has 0 aromatic carbocycles. The average Bonchev–Trinajstić information content (AvgIpc) is 2.32. The highest BCUT2D eigenvalue weighted by molar-refractivity contribution is 14.1. The highest BCUT2D eigenvalue weighted by Crippen LogP contribution is 2.25. The molecule has 62 valence electrons. The molecule has 0 saturated heterocycles. The maximum absolute atomic E-state index is 5.04. The predicted octanol–water partition coefficient (Wildman–Crippen LogP) is 2.70. The first-order valence-corrected chi connectivity index (χ1v) is 4.18. The second-order valence-corrected chi connectivity index (χ2v) is 3.80. The fourth-order valence-corrected chi connectivity index (χ4v) is 0.856. The molecular formula is C7H10INO2. The van der Waals surface area contributed by atoms with Gasteiger partial charge in [0.15, 0.2) is 23.0 Å². The molecule has 1 aromatic rings. The molecule has 0 bridgehead atoms. The van der Waals surface area contributed by atoms with Crippen molar-refractivity contribution >= 4 is 23.0 Å². The minimum atomic E-state index is 0.000417. The van der Waals surface area contributed by atoms with Gasteiger partial charge in [-0.25, -0.2) is 0 Å². The lowest BCUT2D eigenvalue weighted by molar-refractivity contribution is 0.322. The van der Waals surface area contributed by atoms with Gasteiger partial charge in [-0.05, 0) is 5.16 Å². The summed E-state index contributed by atoms with van der Waals surface area (Å²) in [6.07, 6.45) is 0. The molecule has 0 amide bonds. The predicted molar refractivity (Wildman–Crippen MR) is 49.9 cm³/mol. The molecule has 0 aliphatic carbocycles. The second kappa shape index (κ2) is 3.00. The monoisotopic (exact) mass is 267 g/mol. The van der Waals surface area contributed by atoms with Crippen LogP contribution >= 0.6 is 23.0 Å². The Bertz CT molecular complexity index is 239. The molecule has 0 fully saturated rings. The Hall–Kier alpha value is -0.260. The van der Waals surface area contributed by atoms with Crippen LogP contribution in [0.3, 0.4) is 0 Å². The van der Waals surface area contributed by atoms with Gasteiger partial charge in [0.2, 0.25) is 0 Å². The maximum atomic E-state index is 5.04. The van der Waals surface area contributed by atoms with E-state index >= 15 is 0 Å². The number of rotatable bonds is 1. The average molecular weight is 267 g/mol.